The Bertz CT molecular complexity index is 598. The summed E-state index contributed by atoms with van der Waals surface area (Å²) in [5, 5.41) is 10.4. The molecular formula is C15H15NO3. The van der Waals surface area contributed by atoms with Crippen LogP contribution in [0.1, 0.15) is 22.8 Å². The predicted molar refractivity (Wildman–Crippen MR) is 70.5 cm³/mol. The number of hydrogen-bond donors (Lipinski definition) is 1. The maximum atomic E-state index is 10.4. The predicted octanol–water partition coefficient (Wildman–Crippen LogP) is 2.24. The van der Waals surface area contributed by atoms with Crippen molar-refractivity contribution >= 4 is 0 Å². The van der Waals surface area contributed by atoms with Crippen LogP contribution in [0.2, 0.25) is 0 Å². The largest absolute Gasteiger partial charge is 0.486 e. The fourth-order valence-electron chi connectivity index (χ4n) is 2.17. The molecule has 0 aliphatic carbocycles. The van der Waals surface area contributed by atoms with Crippen molar-refractivity contribution in [3.05, 3.63) is 53.3 Å². The smallest absolute Gasteiger partial charge is 0.161 e. The Morgan fingerprint density at radius 2 is 1.95 bits per heavy atom. The van der Waals surface area contributed by atoms with E-state index in [4.69, 9.17) is 9.47 Å². The summed E-state index contributed by atoms with van der Waals surface area (Å²) in [6.45, 7) is 3.06. The highest BCUT2D eigenvalue weighted by Crippen LogP contribution is 2.34. The molecule has 2 heterocycles. The Morgan fingerprint density at radius 1 is 1.16 bits per heavy atom. The summed E-state index contributed by atoms with van der Waals surface area (Å²) in [5.41, 5.74) is 2.59. The van der Waals surface area contributed by atoms with Gasteiger partial charge in [-0.05, 0) is 36.2 Å². The minimum Gasteiger partial charge on any atom is -0.486 e. The third-order valence-corrected chi connectivity index (χ3v) is 3.26. The van der Waals surface area contributed by atoms with Crippen molar-refractivity contribution in [2.75, 3.05) is 13.2 Å². The van der Waals surface area contributed by atoms with E-state index in [1.165, 1.54) is 0 Å². The van der Waals surface area contributed by atoms with Gasteiger partial charge in [-0.25, -0.2) is 0 Å². The van der Waals surface area contributed by atoms with E-state index >= 15 is 0 Å². The Kier molecular flexibility index (Phi) is 3.09. The van der Waals surface area contributed by atoms with E-state index in [-0.39, 0.29) is 0 Å². The highest BCUT2D eigenvalue weighted by atomic mass is 16.6. The quantitative estimate of drug-likeness (QED) is 0.896. The maximum Gasteiger partial charge on any atom is 0.161 e. The van der Waals surface area contributed by atoms with Gasteiger partial charge in [0.15, 0.2) is 11.5 Å². The first-order valence-corrected chi connectivity index (χ1v) is 6.24. The van der Waals surface area contributed by atoms with Crippen LogP contribution in [0.4, 0.5) is 0 Å². The van der Waals surface area contributed by atoms with Gasteiger partial charge in [-0.1, -0.05) is 6.07 Å². The molecule has 1 aromatic carbocycles. The van der Waals surface area contributed by atoms with Crippen LogP contribution in [0, 0.1) is 6.92 Å². The van der Waals surface area contributed by atoms with Crippen molar-refractivity contribution in [3.63, 3.8) is 0 Å². The Hall–Kier alpha value is -2.07. The molecule has 1 aromatic heterocycles. The summed E-state index contributed by atoms with van der Waals surface area (Å²) in [7, 11) is 0. The SMILES string of the molecule is Cc1ccncc1C(O)c1ccc2c(c1)OCCO2. The first kappa shape index (κ1) is 12.0. The number of benzene rings is 1. The van der Waals surface area contributed by atoms with Gasteiger partial charge < -0.3 is 14.6 Å². The van der Waals surface area contributed by atoms with Crippen molar-refractivity contribution in [1.29, 1.82) is 0 Å². The van der Waals surface area contributed by atoms with Gasteiger partial charge in [0.1, 0.15) is 19.3 Å². The van der Waals surface area contributed by atoms with E-state index in [2.05, 4.69) is 4.98 Å². The zero-order chi connectivity index (χ0) is 13.2. The summed E-state index contributed by atoms with van der Waals surface area (Å²) >= 11 is 0. The van der Waals surface area contributed by atoms with Crippen LogP contribution < -0.4 is 9.47 Å². The highest BCUT2D eigenvalue weighted by molar-refractivity contribution is 5.46. The molecule has 1 atom stereocenters. The summed E-state index contributed by atoms with van der Waals surface area (Å²) in [6, 6.07) is 7.39. The fourth-order valence-corrected chi connectivity index (χ4v) is 2.17. The average Bonchev–Trinajstić information content (AvgIpc) is 2.46. The van der Waals surface area contributed by atoms with Crippen LogP contribution in [0.15, 0.2) is 36.7 Å². The number of aliphatic hydroxyl groups excluding tert-OH is 1. The van der Waals surface area contributed by atoms with E-state index in [1.807, 2.05) is 31.2 Å². The Balaban J connectivity index is 1.96. The molecule has 0 saturated carbocycles. The normalized spacial score (nSPS) is 15.1. The van der Waals surface area contributed by atoms with Gasteiger partial charge in [0.25, 0.3) is 0 Å². The monoisotopic (exact) mass is 257 g/mol. The van der Waals surface area contributed by atoms with Crippen LogP contribution in [0.3, 0.4) is 0 Å². The number of aliphatic hydroxyl groups is 1. The third-order valence-electron chi connectivity index (χ3n) is 3.26. The number of ether oxygens (including phenoxy) is 2. The average molecular weight is 257 g/mol. The van der Waals surface area contributed by atoms with Crippen LogP contribution in [-0.2, 0) is 0 Å². The zero-order valence-electron chi connectivity index (χ0n) is 10.7. The molecule has 98 valence electrons. The van der Waals surface area contributed by atoms with Crippen LogP contribution in [-0.4, -0.2) is 23.3 Å². The van der Waals surface area contributed by atoms with Crippen molar-refractivity contribution in [2.24, 2.45) is 0 Å². The molecule has 1 N–H and O–H groups in total. The first-order chi connectivity index (χ1) is 9.25. The lowest BCUT2D eigenvalue weighted by Crippen LogP contribution is -2.15. The number of rotatable bonds is 2. The third kappa shape index (κ3) is 2.27. The summed E-state index contributed by atoms with van der Waals surface area (Å²) < 4.78 is 11.0. The van der Waals surface area contributed by atoms with E-state index in [1.54, 1.807) is 12.4 Å². The van der Waals surface area contributed by atoms with Gasteiger partial charge in [0, 0.05) is 18.0 Å². The fraction of sp³-hybridized carbons (Fsp3) is 0.267. The molecule has 1 aliphatic heterocycles. The van der Waals surface area contributed by atoms with Crippen LogP contribution >= 0.6 is 0 Å². The minimum absolute atomic E-state index is 0.540. The molecule has 0 bridgehead atoms. The summed E-state index contributed by atoms with van der Waals surface area (Å²) in [6.07, 6.45) is 2.70. The molecule has 1 aliphatic rings. The van der Waals surface area contributed by atoms with Gasteiger partial charge in [0.05, 0.1) is 0 Å². The van der Waals surface area contributed by atoms with Gasteiger partial charge in [-0.2, -0.15) is 0 Å². The van der Waals surface area contributed by atoms with Crippen molar-refractivity contribution < 1.29 is 14.6 Å². The molecule has 4 nitrogen and oxygen atoms in total. The molecule has 0 amide bonds. The molecule has 1 unspecified atom stereocenters. The molecule has 0 fully saturated rings. The second-order valence-electron chi connectivity index (χ2n) is 4.54. The molecule has 0 radical (unpaired) electrons. The molecule has 2 aromatic rings. The van der Waals surface area contributed by atoms with Crippen molar-refractivity contribution in [3.8, 4) is 11.5 Å². The number of pyridine rings is 1. The van der Waals surface area contributed by atoms with Gasteiger partial charge in [-0.3, -0.25) is 4.98 Å². The molecule has 0 saturated heterocycles. The standard InChI is InChI=1S/C15H15NO3/c1-10-4-5-16-9-12(10)15(17)11-2-3-13-14(8-11)19-7-6-18-13/h2-5,8-9,15,17H,6-7H2,1H3. The lowest BCUT2D eigenvalue weighted by Gasteiger charge is -2.20. The lowest BCUT2D eigenvalue weighted by molar-refractivity contribution is 0.169. The lowest BCUT2D eigenvalue weighted by atomic mass is 9.99. The number of fused-ring (bicyclic) bond motifs is 1. The molecule has 0 spiro atoms. The van der Waals surface area contributed by atoms with E-state index in [9.17, 15) is 5.11 Å². The Labute approximate surface area is 111 Å². The van der Waals surface area contributed by atoms with Crippen LogP contribution in [0.5, 0.6) is 11.5 Å². The number of aryl methyl sites for hydroxylation is 1. The second kappa shape index (κ2) is 4.90. The topological polar surface area (TPSA) is 51.6 Å². The minimum atomic E-state index is -0.704. The molecule has 3 rings (SSSR count). The van der Waals surface area contributed by atoms with E-state index < -0.39 is 6.10 Å². The van der Waals surface area contributed by atoms with Crippen molar-refractivity contribution in [1.82, 2.24) is 4.98 Å². The van der Waals surface area contributed by atoms with E-state index in [0.29, 0.717) is 19.0 Å². The molecule has 4 heteroatoms. The second-order valence-corrected chi connectivity index (χ2v) is 4.54. The van der Waals surface area contributed by atoms with Crippen molar-refractivity contribution in [2.45, 2.75) is 13.0 Å². The van der Waals surface area contributed by atoms with Gasteiger partial charge in [-0.15, -0.1) is 0 Å². The number of aromatic nitrogens is 1. The summed E-state index contributed by atoms with van der Waals surface area (Å²) in [5.74, 6) is 1.41. The van der Waals surface area contributed by atoms with Gasteiger partial charge in [0.2, 0.25) is 0 Å². The van der Waals surface area contributed by atoms with Crippen LogP contribution in [0.25, 0.3) is 0 Å². The Morgan fingerprint density at radius 3 is 2.74 bits per heavy atom. The zero-order valence-corrected chi connectivity index (χ0v) is 10.7. The molecular weight excluding hydrogens is 242 g/mol. The molecule has 19 heavy (non-hydrogen) atoms. The number of hydrogen-bond acceptors (Lipinski definition) is 4. The summed E-state index contributed by atoms with van der Waals surface area (Å²) in [4.78, 5) is 4.06. The highest BCUT2D eigenvalue weighted by Gasteiger charge is 2.17. The first-order valence-electron chi connectivity index (χ1n) is 6.24. The van der Waals surface area contributed by atoms with E-state index in [0.717, 1.165) is 22.4 Å². The maximum absolute atomic E-state index is 10.4. The van der Waals surface area contributed by atoms with Gasteiger partial charge >= 0.3 is 0 Å². The number of nitrogens with zero attached hydrogens (tertiary/aromatic N) is 1.